The Labute approximate surface area is 177 Å². The van der Waals surface area contributed by atoms with E-state index >= 15 is 0 Å². The van der Waals surface area contributed by atoms with Crippen LogP contribution in [-0.2, 0) is 11.0 Å². The molecule has 1 aliphatic rings. The normalized spacial score (nSPS) is 16.7. The predicted octanol–water partition coefficient (Wildman–Crippen LogP) is 4.41. The first kappa shape index (κ1) is 20.8. The Morgan fingerprint density at radius 2 is 1.81 bits per heavy atom. The summed E-state index contributed by atoms with van der Waals surface area (Å²) in [6.45, 7) is 1.06. The summed E-state index contributed by atoms with van der Waals surface area (Å²) in [5, 5.41) is 11.0. The highest BCUT2D eigenvalue weighted by atomic mass is 19.4. The van der Waals surface area contributed by atoms with Crippen LogP contribution < -0.4 is 10.2 Å². The molecule has 9 heteroatoms. The number of nitrogens with zero attached hydrogens (tertiary/aromatic N) is 4. The molecule has 1 aliphatic heterocycles. The summed E-state index contributed by atoms with van der Waals surface area (Å²) in [5.41, 5.74) is 0.529. The van der Waals surface area contributed by atoms with Gasteiger partial charge in [0, 0.05) is 31.0 Å². The van der Waals surface area contributed by atoms with E-state index in [4.69, 9.17) is 0 Å². The van der Waals surface area contributed by atoms with Crippen LogP contribution in [0.1, 0.15) is 18.4 Å². The number of nitrogens with one attached hydrogen (secondary N) is 1. The molecule has 0 radical (unpaired) electrons. The number of benzene rings is 1. The van der Waals surface area contributed by atoms with E-state index in [-0.39, 0.29) is 5.69 Å². The van der Waals surface area contributed by atoms with Gasteiger partial charge in [0.15, 0.2) is 5.82 Å². The van der Waals surface area contributed by atoms with Gasteiger partial charge in [-0.2, -0.15) is 13.2 Å². The number of hydrogen-bond donors (Lipinski definition) is 1. The Balaban J connectivity index is 1.45. The zero-order valence-corrected chi connectivity index (χ0v) is 16.5. The third-order valence-corrected chi connectivity index (χ3v) is 5.23. The van der Waals surface area contributed by atoms with Crippen molar-refractivity contribution in [2.45, 2.75) is 19.0 Å². The monoisotopic (exact) mass is 427 g/mol. The van der Waals surface area contributed by atoms with E-state index in [1.807, 2.05) is 29.2 Å². The first-order chi connectivity index (χ1) is 14.9. The average molecular weight is 427 g/mol. The highest BCUT2D eigenvalue weighted by molar-refractivity contribution is 5.93. The quantitative estimate of drug-likeness (QED) is 0.668. The minimum absolute atomic E-state index is 0.224. The Morgan fingerprint density at radius 3 is 2.52 bits per heavy atom. The van der Waals surface area contributed by atoms with Crippen molar-refractivity contribution >= 4 is 17.4 Å². The molecule has 1 unspecified atom stereocenters. The molecule has 4 rings (SSSR count). The molecular weight excluding hydrogens is 407 g/mol. The van der Waals surface area contributed by atoms with Crippen molar-refractivity contribution in [3.63, 3.8) is 0 Å². The number of halogens is 3. The molecule has 6 nitrogen and oxygen atoms in total. The van der Waals surface area contributed by atoms with Gasteiger partial charge in [0.05, 0.1) is 22.9 Å². The largest absolute Gasteiger partial charge is 0.418 e. The Bertz CT molecular complexity index is 1040. The minimum Gasteiger partial charge on any atom is -0.354 e. The van der Waals surface area contributed by atoms with Crippen molar-refractivity contribution in [3.8, 4) is 11.3 Å². The summed E-state index contributed by atoms with van der Waals surface area (Å²) in [7, 11) is 0. The molecule has 1 N–H and O–H groups in total. The SMILES string of the molecule is O=C(Nc1ccccc1C(F)(F)F)C1CCCN(c2ccc(-c3ccncc3)nn2)C1. The van der Waals surface area contributed by atoms with E-state index in [0.29, 0.717) is 31.0 Å². The summed E-state index contributed by atoms with van der Waals surface area (Å²) in [6.07, 6.45) is 0.145. The molecule has 1 atom stereocenters. The summed E-state index contributed by atoms with van der Waals surface area (Å²) < 4.78 is 39.6. The molecule has 160 valence electrons. The standard InChI is InChI=1S/C22H20F3N5O/c23-22(24,25)17-5-1-2-6-19(17)27-21(31)16-4-3-13-30(14-16)20-8-7-18(28-29-20)15-9-11-26-12-10-15/h1-2,5-12,16H,3-4,13-14H2,(H,27,31). The molecule has 1 aromatic carbocycles. The number of carbonyl (C=O) groups excluding carboxylic acids is 1. The fraction of sp³-hybridized carbons (Fsp3) is 0.273. The van der Waals surface area contributed by atoms with Gasteiger partial charge < -0.3 is 10.2 Å². The van der Waals surface area contributed by atoms with Crippen LogP contribution in [0.4, 0.5) is 24.7 Å². The molecule has 0 aliphatic carbocycles. The second kappa shape index (κ2) is 8.71. The van der Waals surface area contributed by atoms with Gasteiger partial charge in [0.25, 0.3) is 0 Å². The fourth-order valence-electron chi connectivity index (χ4n) is 3.64. The maximum absolute atomic E-state index is 13.2. The highest BCUT2D eigenvalue weighted by Gasteiger charge is 2.34. The third kappa shape index (κ3) is 4.82. The number of aromatic nitrogens is 3. The average Bonchev–Trinajstić information content (AvgIpc) is 2.79. The predicted molar refractivity (Wildman–Crippen MR) is 110 cm³/mol. The van der Waals surface area contributed by atoms with Crippen molar-refractivity contribution < 1.29 is 18.0 Å². The zero-order valence-electron chi connectivity index (χ0n) is 16.5. The van der Waals surface area contributed by atoms with E-state index in [9.17, 15) is 18.0 Å². The van der Waals surface area contributed by atoms with Gasteiger partial charge in [0.2, 0.25) is 5.91 Å². The smallest absolute Gasteiger partial charge is 0.354 e. The molecule has 0 saturated carbocycles. The number of para-hydroxylation sites is 1. The molecule has 3 aromatic rings. The van der Waals surface area contributed by atoms with Gasteiger partial charge in [-0.15, -0.1) is 10.2 Å². The van der Waals surface area contributed by atoms with Crippen LogP contribution in [0, 0.1) is 5.92 Å². The lowest BCUT2D eigenvalue weighted by Crippen LogP contribution is -2.41. The lowest BCUT2D eigenvalue weighted by Gasteiger charge is -2.32. The minimum atomic E-state index is -4.53. The van der Waals surface area contributed by atoms with Gasteiger partial charge in [-0.05, 0) is 49.2 Å². The Kier molecular flexibility index (Phi) is 5.83. The van der Waals surface area contributed by atoms with Crippen LogP contribution in [0.2, 0.25) is 0 Å². The molecule has 1 amide bonds. The second-order valence-electron chi connectivity index (χ2n) is 7.33. The van der Waals surface area contributed by atoms with Gasteiger partial charge in [-0.25, -0.2) is 0 Å². The van der Waals surface area contributed by atoms with E-state index in [1.165, 1.54) is 18.2 Å². The first-order valence-electron chi connectivity index (χ1n) is 9.88. The number of anilines is 2. The van der Waals surface area contributed by atoms with Crippen molar-refractivity contribution in [1.29, 1.82) is 0 Å². The number of hydrogen-bond acceptors (Lipinski definition) is 5. The molecule has 31 heavy (non-hydrogen) atoms. The van der Waals surface area contributed by atoms with Gasteiger partial charge in [0.1, 0.15) is 0 Å². The third-order valence-electron chi connectivity index (χ3n) is 5.23. The molecular formula is C22H20F3N5O. The Hall–Kier alpha value is -3.49. The summed E-state index contributed by atoms with van der Waals surface area (Å²) >= 11 is 0. The molecule has 0 bridgehead atoms. The number of rotatable bonds is 4. The number of carbonyl (C=O) groups is 1. The molecule has 3 heterocycles. The van der Waals surface area contributed by atoms with Crippen LogP contribution in [-0.4, -0.2) is 34.2 Å². The van der Waals surface area contributed by atoms with Crippen LogP contribution in [0.25, 0.3) is 11.3 Å². The highest BCUT2D eigenvalue weighted by Crippen LogP contribution is 2.35. The van der Waals surface area contributed by atoms with E-state index in [1.54, 1.807) is 12.4 Å². The summed E-state index contributed by atoms with van der Waals surface area (Å²) in [5.74, 6) is -0.245. The molecule has 1 saturated heterocycles. The van der Waals surface area contributed by atoms with Gasteiger partial charge >= 0.3 is 6.18 Å². The van der Waals surface area contributed by atoms with Crippen LogP contribution in [0.15, 0.2) is 60.9 Å². The van der Waals surface area contributed by atoms with Gasteiger partial charge in [-0.3, -0.25) is 9.78 Å². The zero-order chi connectivity index (χ0) is 21.8. The van der Waals surface area contributed by atoms with Crippen molar-refractivity contribution in [2.75, 3.05) is 23.3 Å². The fourth-order valence-corrected chi connectivity index (χ4v) is 3.64. The second-order valence-corrected chi connectivity index (χ2v) is 7.33. The number of pyridine rings is 1. The van der Waals surface area contributed by atoms with Crippen LogP contribution >= 0.6 is 0 Å². The number of alkyl halides is 3. The topological polar surface area (TPSA) is 71.0 Å². The lowest BCUT2D eigenvalue weighted by molar-refractivity contribution is -0.137. The van der Waals surface area contributed by atoms with Crippen molar-refractivity contribution in [1.82, 2.24) is 15.2 Å². The van der Waals surface area contributed by atoms with E-state index < -0.39 is 23.6 Å². The molecule has 0 spiro atoms. The van der Waals surface area contributed by atoms with E-state index in [0.717, 1.165) is 18.1 Å². The summed E-state index contributed by atoms with van der Waals surface area (Å²) in [4.78, 5) is 18.6. The van der Waals surface area contributed by atoms with Gasteiger partial charge in [-0.1, -0.05) is 12.1 Å². The van der Waals surface area contributed by atoms with Crippen LogP contribution in [0.3, 0.4) is 0 Å². The first-order valence-corrected chi connectivity index (χ1v) is 9.88. The molecule has 1 fully saturated rings. The van der Waals surface area contributed by atoms with Crippen molar-refractivity contribution in [2.24, 2.45) is 5.92 Å². The molecule has 2 aromatic heterocycles. The van der Waals surface area contributed by atoms with Crippen LogP contribution in [0.5, 0.6) is 0 Å². The maximum Gasteiger partial charge on any atom is 0.418 e. The maximum atomic E-state index is 13.2. The Morgan fingerprint density at radius 1 is 1.03 bits per heavy atom. The number of amides is 1. The van der Waals surface area contributed by atoms with E-state index in [2.05, 4.69) is 20.5 Å². The summed E-state index contributed by atoms with van der Waals surface area (Å²) in [6, 6.07) is 12.4. The lowest BCUT2D eigenvalue weighted by atomic mass is 9.96. The number of piperidine rings is 1. The van der Waals surface area contributed by atoms with Crippen molar-refractivity contribution in [3.05, 3.63) is 66.5 Å².